The second kappa shape index (κ2) is 5.87. The van der Waals surface area contributed by atoms with E-state index in [-0.39, 0.29) is 5.56 Å². The third-order valence-corrected chi connectivity index (χ3v) is 4.56. The molecule has 1 heterocycles. The molecule has 3 unspecified atom stereocenters. The second-order valence-corrected chi connectivity index (χ2v) is 5.78. The van der Waals surface area contributed by atoms with Gasteiger partial charge in [0.05, 0.1) is 7.11 Å². The predicted octanol–water partition coefficient (Wildman–Crippen LogP) is 3.28. The van der Waals surface area contributed by atoms with Crippen molar-refractivity contribution in [3.63, 3.8) is 0 Å². The molecule has 0 amide bonds. The van der Waals surface area contributed by atoms with Gasteiger partial charge in [-0.2, -0.15) is 17.6 Å². The first-order valence-electron chi connectivity index (χ1n) is 6.95. The summed E-state index contributed by atoms with van der Waals surface area (Å²) in [5.41, 5.74) is -3.09. The summed E-state index contributed by atoms with van der Waals surface area (Å²) >= 11 is 0. The lowest BCUT2D eigenvalue weighted by Crippen LogP contribution is -2.47. The first-order valence-corrected chi connectivity index (χ1v) is 6.95. The zero-order valence-electron chi connectivity index (χ0n) is 12.9. The molecule has 1 fully saturated rings. The Balaban J connectivity index is 2.61. The van der Waals surface area contributed by atoms with Gasteiger partial charge in [0.2, 0.25) is 5.82 Å². The summed E-state index contributed by atoms with van der Waals surface area (Å²) in [4.78, 5) is 11.9. The Morgan fingerprint density at radius 1 is 1.33 bits per heavy atom. The number of ether oxygens (including phenoxy) is 2. The van der Waals surface area contributed by atoms with Gasteiger partial charge in [0, 0.05) is 17.4 Å². The number of carbonyl (C=O) groups excluding carboxylic acids is 1. The monoisotopic (exact) mass is 354 g/mol. The van der Waals surface area contributed by atoms with E-state index >= 15 is 0 Å². The largest absolute Gasteiger partial charge is 0.505 e. The fourth-order valence-corrected chi connectivity index (χ4v) is 2.94. The summed E-state index contributed by atoms with van der Waals surface area (Å²) in [7, 11) is 0.960. The van der Waals surface area contributed by atoms with Crippen molar-refractivity contribution in [3.8, 4) is 5.75 Å². The third kappa shape index (κ3) is 2.60. The minimum atomic E-state index is -4.83. The Bertz CT molecular complexity index is 660. The molecule has 4 atom stereocenters. The molecule has 0 bridgehead atoms. The van der Waals surface area contributed by atoms with Crippen LogP contribution in [0.4, 0.5) is 22.0 Å². The number of phenolic OH excluding ortho intramolecular Hbond substituents is 1. The number of aromatic hydroxyl groups is 1. The van der Waals surface area contributed by atoms with E-state index in [9.17, 15) is 31.9 Å². The van der Waals surface area contributed by atoms with Crippen LogP contribution in [-0.4, -0.2) is 36.1 Å². The summed E-state index contributed by atoms with van der Waals surface area (Å²) in [6.45, 7) is 1.91. The Kier molecular flexibility index (Phi) is 4.51. The minimum Gasteiger partial charge on any atom is -0.505 e. The molecule has 9 heteroatoms. The molecule has 0 aliphatic carbocycles. The van der Waals surface area contributed by atoms with Crippen molar-refractivity contribution in [2.45, 2.75) is 37.6 Å². The van der Waals surface area contributed by atoms with Gasteiger partial charge < -0.3 is 14.6 Å². The number of alkyl halides is 3. The lowest BCUT2D eigenvalue weighted by molar-refractivity contribution is -0.274. The first kappa shape index (κ1) is 18.4. The van der Waals surface area contributed by atoms with E-state index in [1.54, 1.807) is 0 Å². The Labute approximate surface area is 134 Å². The van der Waals surface area contributed by atoms with Gasteiger partial charge in [-0.1, -0.05) is 13.0 Å². The summed E-state index contributed by atoms with van der Waals surface area (Å²) in [6, 6.07) is 1.59. The van der Waals surface area contributed by atoms with Crippen LogP contribution in [0, 0.1) is 17.6 Å². The molecule has 0 aromatic heterocycles. The maximum Gasteiger partial charge on any atom is 0.417 e. The van der Waals surface area contributed by atoms with E-state index in [1.807, 2.05) is 0 Å². The van der Waals surface area contributed by atoms with Crippen molar-refractivity contribution in [3.05, 3.63) is 29.3 Å². The quantitative estimate of drug-likeness (QED) is 0.654. The normalized spacial score (nSPS) is 30.4. The maximum absolute atomic E-state index is 13.6. The van der Waals surface area contributed by atoms with Gasteiger partial charge in [-0.25, -0.2) is 9.18 Å². The molecule has 134 valence electrons. The van der Waals surface area contributed by atoms with Gasteiger partial charge in [0.1, 0.15) is 0 Å². The van der Waals surface area contributed by atoms with E-state index in [4.69, 9.17) is 4.74 Å². The predicted molar refractivity (Wildman–Crippen MR) is 71.3 cm³/mol. The molecule has 4 nitrogen and oxygen atoms in total. The molecule has 1 aromatic rings. The number of carbonyl (C=O) groups is 1. The molecule has 1 aliphatic rings. The summed E-state index contributed by atoms with van der Waals surface area (Å²) in [5, 5.41) is 9.80. The number of halogens is 5. The van der Waals surface area contributed by atoms with Crippen molar-refractivity contribution >= 4 is 5.97 Å². The summed E-state index contributed by atoms with van der Waals surface area (Å²) < 4.78 is 76.4. The van der Waals surface area contributed by atoms with Crippen LogP contribution in [0.5, 0.6) is 5.75 Å². The van der Waals surface area contributed by atoms with Gasteiger partial charge in [-0.15, -0.1) is 0 Å². The van der Waals surface area contributed by atoms with Crippen molar-refractivity contribution in [1.29, 1.82) is 0 Å². The van der Waals surface area contributed by atoms with Crippen LogP contribution in [0.2, 0.25) is 0 Å². The molecule has 1 aromatic carbocycles. The third-order valence-electron chi connectivity index (χ3n) is 4.56. The van der Waals surface area contributed by atoms with Crippen LogP contribution in [0.15, 0.2) is 12.1 Å². The molecule has 1 aliphatic heterocycles. The first-order chi connectivity index (χ1) is 11.0. The number of esters is 1. The van der Waals surface area contributed by atoms with E-state index < -0.39 is 53.1 Å². The Morgan fingerprint density at radius 2 is 1.92 bits per heavy atom. The van der Waals surface area contributed by atoms with Crippen LogP contribution in [0.3, 0.4) is 0 Å². The molecule has 2 rings (SSSR count). The summed E-state index contributed by atoms with van der Waals surface area (Å²) in [5.74, 6) is -7.99. The van der Waals surface area contributed by atoms with Crippen molar-refractivity contribution in [2.75, 3.05) is 7.11 Å². The fourth-order valence-electron chi connectivity index (χ4n) is 2.94. The number of phenols is 1. The smallest absolute Gasteiger partial charge is 0.417 e. The van der Waals surface area contributed by atoms with Crippen LogP contribution in [-0.2, 0) is 14.3 Å². The Morgan fingerprint density at radius 3 is 2.42 bits per heavy atom. The zero-order valence-corrected chi connectivity index (χ0v) is 12.9. The molecular weight excluding hydrogens is 339 g/mol. The minimum absolute atomic E-state index is 0.357. The summed E-state index contributed by atoms with van der Waals surface area (Å²) in [6.07, 6.45) is -6.56. The molecule has 1 N–H and O–H groups in total. The highest BCUT2D eigenvalue weighted by Crippen LogP contribution is 2.54. The molecule has 0 radical (unpaired) electrons. The van der Waals surface area contributed by atoms with Crippen molar-refractivity contribution in [1.82, 2.24) is 0 Å². The van der Waals surface area contributed by atoms with Gasteiger partial charge in [-0.05, 0) is 13.0 Å². The van der Waals surface area contributed by atoms with Crippen LogP contribution in [0.1, 0.15) is 25.3 Å². The fraction of sp³-hybridized carbons (Fsp3) is 0.533. The number of hydrogen-bond acceptors (Lipinski definition) is 4. The Hall–Kier alpha value is -1.90. The van der Waals surface area contributed by atoms with Crippen molar-refractivity contribution in [2.24, 2.45) is 5.92 Å². The average Bonchev–Trinajstić information content (AvgIpc) is 2.78. The van der Waals surface area contributed by atoms with Crippen LogP contribution < -0.4 is 0 Å². The van der Waals surface area contributed by atoms with E-state index in [0.717, 1.165) is 27.0 Å². The maximum atomic E-state index is 13.6. The van der Waals surface area contributed by atoms with Crippen LogP contribution in [0.25, 0.3) is 0 Å². The molecule has 1 saturated heterocycles. The molecular formula is C15H15F5O4. The van der Waals surface area contributed by atoms with Gasteiger partial charge in [-0.3, -0.25) is 0 Å². The number of methoxy groups -OCH3 is 1. The zero-order chi connectivity index (χ0) is 18.4. The lowest BCUT2D eigenvalue weighted by Gasteiger charge is -2.31. The van der Waals surface area contributed by atoms with Crippen molar-refractivity contribution < 1.29 is 41.3 Å². The number of hydrogen-bond donors (Lipinski definition) is 1. The highest BCUT2D eigenvalue weighted by atomic mass is 19.4. The SMILES string of the molecule is COC(=O)[C@@H]1OC(C)(C(F)(F)F)C(C)C1c1ccc(F)c(F)c1O. The number of rotatable bonds is 2. The average molecular weight is 354 g/mol. The van der Waals surface area contributed by atoms with E-state index in [1.165, 1.54) is 0 Å². The highest BCUT2D eigenvalue weighted by Gasteiger charge is 2.66. The van der Waals surface area contributed by atoms with Crippen LogP contribution >= 0.6 is 0 Å². The van der Waals surface area contributed by atoms with Gasteiger partial charge in [0.15, 0.2) is 23.3 Å². The van der Waals surface area contributed by atoms with E-state index in [2.05, 4.69) is 4.74 Å². The topological polar surface area (TPSA) is 55.8 Å². The molecule has 0 saturated carbocycles. The second-order valence-electron chi connectivity index (χ2n) is 5.78. The number of benzene rings is 1. The van der Waals surface area contributed by atoms with Gasteiger partial charge in [0.25, 0.3) is 0 Å². The van der Waals surface area contributed by atoms with Gasteiger partial charge >= 0.3 is 12.1 Å². The lowest BCUT2D eigenvalue weighted by atomic mass is 9.77. The van der Waals surface area contributed by atoms with E-state index in [0.29, 0.717) is 6.07 Å². The highest BCUT2D eigenvalue weighted by molar-refractivity contribution is 5.77. The molecule has 0 spiro atoms. The standard InChI is InChI=1S/C15H15F5O4/c1-6-9(7-4-5-8(16)10(17)11(7)21)12(13(22)23-3)24-14(6,2)15(18,19)20/h4-6,9,12,21H,1-3H3/t6?,9?,12-,14?/m1/s1. The molecule has 24 heavy (non-hydrogen) atoms.